The molecule has 0 unspecified atom stereocenters. The van der Waals surface area contributed by atoms with Gasteiger partial charge in [-0.15, -0.1) is 0 Å². The molecule has 0 atom stereocenters. The molecule has 12 heavy (non-hydrogen) atoms. The number of rotatable bonds is 2. The van der Waals surface area contributed by atoms with Crippen molar-refractivity contribution in [3.05, 3.63) is 30.1 Å². The van der Waals surface area contributed by atoms with Gasteiger partial charge in [0.2, 0.25) is 0 Å². The average molecular weight is 180 g/mol. The van der Waals surface area contributed by atoms with Crippen molar-refractivity contribution in [2.45, 2.75) is 20.3 Å². The Balaban J connectivity index is 0.000000202. The molecule has 1 aromatic rings. The van der Waals surface area contributed by atoms with E-state index in [4.69, 9.17) is 0 Å². The molecule has 66 valence electrons. The van der Waals surface area contributed by atoms with E-state index in [1.165, 1.54) is 6.42 Å². The van der Waals surface area contributed by atoms with Gasteiger partial charge >= 0.3 is 37.0 Å². The van der Waals surface area contributed by atoms with Crippen LogP contribution in [0.2, 0.25) is 0 Å². The van der Waals surface area contributed by atoms with Crippen LogP contribution >= 0.6 is 12.6 Å². The molecule has 1 aromatic heterocycles. The van der Waals surface area contributed by atoms with Gasteiger partial charge in [0, 0.05) is 0 Å². The van der Waals surface area contributed by atoms with Crippen LogP contribution in [-0.2, 0) is 0 Å². The van der Waals surface area contributed by atoms with E-state index in [1.54, 1.807) is 0 Å². The van der Waals surface area contributed by atoms with Crippen molar-refractivity contribution in [1.82, 2.24) is 0 Å². The molecule has 0 nitrogen and oxygen atoms in total. The quantitative estimate of drug-likeness (QED) is 0.664. The molecule has 2 heteroatoms. The van der Waals surface area contributed by atoms with E-state index in [0.717, 1.165) is 11.7 Å². The Morgan fingerprint density at radius 3 is 1.83 bits per heavy atom. The van der Waals surface area contributed by atoms with Crippen LogP contribution in [0.4, 0.5) is 0 Å². The Labute approximate surface area is 82.0 Å². The van der Waals surface area contributed by atoms with E-state index in [1.807, 2.05) is 37.0 Å². The minimum absolute atomic E-state index is 0.822. The second-order valence-corrected chi connectivity index (χ2v) is 3.51. The van der Waals surface area contributed by atoms with Crippen LogP contribution in [0.1, 0.15) is 20.3 Å². The van der Waals surface area contributed by atoms with Crippen molar-refractivity contribution in [2.24, 2.45) is 5.92 Å². The topological polar surface area (TPSA) is 0 Å². The van der Waals surface area contributed by atoms with Gasteiger partial charge in [-0.3, -0.25) is 0 Å². The van der Waals surface area contributed by atoms with E-state index in [2.05, 4.69) is 26.5 Å². The summed E-state index contributed by atoms with van der Waals surface area (Å²) in [5, 5.41) is 0. The van der Waals surface area contributed by atoms with Crippen LogP contribution in [0.25, 0.3) is 0 Å². The van der Waals surface area contributed by atoms with Gasteiger partial charge in [0.25, 0.3) is 0 Å². The zero-order valence-electron chi connectivity index (χ0n) is 7.90. The first-order chi connectivity index (χ1) is 5.77. The zero-order valence-corrected chi connectivity index (χ0v) is 8.80. The van der Waals surface area contributed by atoms with Crippen LogP contribution in [0.3, 0.4) is 0 Å². The molecule has 0 radical (unpaired) electrons. The van der Waals surface area contributed by atoms with Gasteiger partial charge in [-0.05, 0) is 18.1 Å². The fraction of sp³-hybridized carbons (Fsp3) is 0.500. The summed E-state index contributed by atoms with van der Waals surface area (Å²) in [6.45, 7) is 6.41. The molecule has 0 aliphatic heterocycles. The Hall–Kier alpha value is -0.235. The second kappa shape index (κ2) is 8.86. The summed E-state index contributed by atoms with van der Waals surface area (Å²) in [6, 6.07) is 6.00. The first kappa shape index (κ1) is 11.8. The third-order valence-corrected chi connectivity index (χ3v) is 1.63. The molecule has 0 N–H and O–H groups in total. The molecule has 0 saturated carbocycles. The molecule has 0 aliphatic carbocycles. The Morgan fingerprint density at radius 2 is 1.75 bits per heavy atom. The predicted molar refractivity (Wildman–Crippen MR) is 61.1 cm³/mol. The Morgan fingerprint density at radius 1 is 1.17 bits per heavy atom. The van der Waals surface area contributed by atoms with Gasteiger partial charge in [-0.25, -0.2) is 0 Å². The average Bonchev–Trinajstić information content (AvgIpc) is 2.08. The predicted octanol–water partition coefficient (Wildman–Crippen LogP) is 2.99. The van der Waals surface area contributed by atoms with E-state index in [9.17, 15) is 0 Å². The van der Waals surface area contributed by atoms with Crippen LogP contribution < -0.4 is 0 Å². The fourth-order valence-corrected chi connectivity index (χ4v) is 1.16. The second-order valence-electron chi connectivity index (χ2n) is 3.06. The molecule has 0 aliphatic rings. The molecular weight excluding hydrogens is 163 g/mol. The summed E-state index contributed by atoms with van der Waals surface area (Å²) in [4.78, 5) is 0. The summed E-state index contributed by atoms with van der Waals surface area (Å²) in [7, 11) is 0. The molecule has 0 aromatic carbocycles. The van der Waals surface area contributed by atoms with Gasteiger partial charge in [0.15, 0.2) is 0 Å². The van der Waals surface area contributed by atoms with Crippen LogP contribution in [-0.4, -0.2) is 12.7 Å². The Kier molecular flexibility index (Phi) is 8.68. The van der Waals surface area contributed by atoms with Gasteiger partial charge in [-0.2, -0.15) is 12.6 Å². The minimum atomic E-state index is 0.822. The Bertz CT molecular complexity index is 136. The summed E-state index contributed by atoms with van der Waals surface area (Å²) < 4.78 is 0. The molecule has 0 saturated heterocycles. The fourth-order valence-electron chi connectivity index (χ4n) is 0.643. The number of thiol groups is 1. The summed E-state index contributed by atoms with van der Waals surface area (Å²) in [5.41, 5.74) is 0. The third-order valence-electron chi connectivity index (χ3n) is 1.37. The van der Waals surface area contributed by atoms with Crippen molar-refractivity contribution in [3.8, 4) is 0 Å². The summed E-state index contributed by atoms with van der Waals surface area (Å²) >= 11 is 4.06. The number of hydrogen-bond donors (Lipinski definition) is 1. The molecule has 1 rings (SSSR count). The van der Waals surface area contributed by atoms with Crippen molar-refractivity contribution < 1.29 is 0 Å². The van der Waals surface area contributed by atoms with Crippen molar-refractivity contribution in [2.75, 3.05) is 5.75 Å². The van der Waals surface area contributed by atoms with E-state index in [0.29, 0.717) is 0 Å². The maximum absolute atomic E-state index is 4.06. The van der Waals surface area contributed by atoms with Crippen molar-refractivity contribution >= 4 is 19.5 Å². The van der Waals surface area contributed by atoms with Gasteiger partial charge < -0.3 is 0 Å². The summed E-state index contributed by atoms with van der Waals surface area (Å²) in [6.07, 6.45) is 1.24. The zero-order chi connectivity index (χ0) is 9.23. The molecule has 1 heterocycles. The van der Waals surface area contributed by atoms with E-state index >= 15 is 0 Å². The van der Waals surface area contributed by atoms with Crippen molar-refractivity contribution in [3.63, 3.8) is 0 Å². The maximum atomic E-state index is 4.06. The SMILES string of the molecule is CC(C)CCS.b1ccccc1. The van der Waals surface area contributed by atoms with Crippen LogP contribution in [0, 0.1) is 5.92 Å². The van der Waals surface area contributed by atoms with Gasteiger partial charge in [0.05, 0.1) is 0 Å². The molecular formula is C10H17BS. The van der Waals surface area contributed by atoms with Gasteiger partial charge in [0.1, 0.15) is 0 Å². The molecule has 0 spiro atoms. The van der Waals surface area contributed by atoms with E-state index in [-0.39, 0.29) is 0 Å². The molecule has 0 amide bonds. The van der Waals surface area contributed by atoms with E-state index < -0.39 is 0 Å². The van der Waals surface area contributed by atoms with Crippen LogP contribution in [0.5, 0.6) is 0 Å². The standard InChI is InChI=1S/C5H5B.C5H12S/c1-2-4-6-5-3-1;1-5(2)3-4-6/h1-5H;5-6H,3-4H2,1-2H3. The summed E-state index contributed by atoms with van der Waals surface area (Å²) in [5.74, 6) is 5.85. The third kappa shape index (κ3) is 9.76. The normalized spacial score (nSPS) is 8.67. The van der Waals surface area contributed by atoms with Crippen molar-refractivity contribution in [1.29, 1.82) is 0 Å². The first-order valence-corrected chi connectivity index (χ1v) is 5.01. The first-order valence-electron chi connectivity index (χ1n) is 4.38. The molecule has 0 bridgehead atoms. The number of hydrogen-bond acceptors (Lipinski definition) is 1. The molecule has 0 fully saturated rings. The van der Waals surface area contributed by atoms with Gasteiger partial charge in [-0.1, -0.05) is 13.8 Å². The van der Waals surface area contributed by atoms with Crippen LogP contribution in [0.15, 0.2) is 30.1 Å². The monoisotopic (exact) mass is 180 g/mol.